The zero-order chi connectivity index (χ0) is 22.6. The first-order valence-corrected chi connectivity index (χ1v) is 10.2. The van der Waals surface area contributed by atoms with Gasteiger partial charge in [-0.1, -0.05) is 12.1 Å². The Labute approximate surface area is 181 Å². The third-order valence-electron chi connectivity index (χ3n) is 5.60. The van der Waals surface area contributed by atoms with Crippen molar-refractivity contribution in [2.75, 3.05) is 0 Å². The monoisotopic (exact) mass is 435 g/mol. The van der Waals surface area contributed by atoms with Crippen molar-refractivity contribution >= 4 is 17.1 Å². The van der Waals surface area contributed by atoms with Gasteiger partial charge in [-0.15, -0.1) is 0 Å². The van der Waals surface area contributed by atoms with E-state index in [-0.39, 0.29) is 34.5 Å². The highest BCUT2D eigenvalue weighted by molar-refractivity contribution is 5.96. The third kappa shape index (κ3) is 3.26. The molecule has 1 aliphatic rings. The van der Waals surface area contributed by atoms with E-state index in [1.165, 1.54) is 23.9 Å². The van der Waals surface area contributed by atoms with Gasteiger partial charge in [0.05, 0.1) is 6.20 Å². The number of amides is 1. The predicted molar refractivity (Wildman–Crippen MR) is 115 cm³/mol. The first-order valence-electron chi connectivity index (χ1n) is 10.2. The van der Waals surface area contributed by atoms with Crippen LogP contribution in [0.3, 0.4) is 0 Å². The van der Waals surface area contributed by atoms with Crippen LogP contribution in [0.15, 0.2) is 47.4 Å². The van der Waals surface area contributed by atoms with Crippen molar-refractivity contribution in [1.29, 1.82) is 0 Å². The van der Waals surface area contributed by atoms with Crippen LogP contribution < -0.4 is 10.9 Å². The molecule has 0 unspecified atom stereocenters. The first-order chi connectivity index (χ1) is 15.3. The predicted octanol–water partition coefficient (Wildman–Crippen LogP) is 3.27. The van der Waals surface area contributed by atoms with Gasteiger partial charge in [0.2, 0.25) is 0 Å². The minimum Gasteiger partial charge on any atom is -0.349 e. The smallest absolute Gasteiger partial charge is 0.278 e. The summed E-state index contributed by atoms with van der Waals surface area (Å²) in [6.45, 7) is 1.82. The van der Waals surface area contributed by atoms with Crippen LogP contribution >= 0.6 is 0 Å². The highest BCUT2D eigenvalue weighted by atomic mass is 19.1. The number of aryl methyl sites for hydroxylation is 2. The van der Waals surface area contributed by atoms with Gasteiger partial charge in [0, 0.05) is 24.2 Å². The number of fused-ring (bicyclic) bond motifs is 1. The van der Waals surface area contributed by atoms with Crippen LogP contribution in [-0.2, 0) is 7.05 Å². The standard InChI is InChI=1S/C23H19F2N5O2/c1-12-6-7-13(21(31)27-14-8-9-14)10-15(12)19-23(32)29(2)22-18(28-19)11-26-30(22)20-16(24)4-3-5-17(20)25/h3-7,10-11,14H,8-9H2,1-2H3,(H,27,31). The first kappa shape index (κ1) is 20.0. The number of aromatic nitrogens is 4. The Hall–Kier alpha value is -3.88. The molecule has 7 nitrogen and oxygen atoms in total. The lowest BCUT2D eigenvalue weighted by Gasteiger charge is -2.12. The molecule has 0 radical (unpaired) electrons. The Kier molecular flexibility index (Phi) is 4.61. The van der Waals surface area contributed by atoms with Crippen molar-refractivity contribution in [1.82, 2.24) is 24.6 Å². The molecule has 0 spiro atoms. The number of hydrogen-bond donors (Lipinski definition) is 1. The van der Waals surface area contributed by atoms with E-state index in [0.717, 1.165) is 35.2 Å². The van der Waals surface area contributed by atoms with Crippen LogP contribution in [0.2, 0.25) is 0 Å². The highest BCUT2D eigenvalue weighted by Crippen LogP contribution is 2.26. The number of hydrogen-bond acceptors (Lipinski definition) is 4. The Morgan fingerprint density at radius 1 is 1.16 bits per heavy atom. The summed E-state index contributed by atoms with van der Waals surface area (Å²) in [5.74, 6) is -1.82. The summed E-state index contributed by atoms with van der Waals surface area (Å²) in [4.78, 5) is 30.2. The summed E-state index contributed by atoms with van der Waals surface area (Å²) in [6.07, 6.45) is 3.29. The molecule has 162 valence electrons. The number of para-hydroxylation sites is 1. The van der Waals surface area contributed by atoms with E-state index < -0.39 is 17.2 Å². The molecule has 0 bridgehead atoms. The molecule has 1 amide bonds. The van der Waals surface area contributed by atoms with Gasteiger partial charge in [-0.3, -0.25) is 14.2 Å². The second-order valence-electron chi connectivity index (χ2n) is 7.94. The Bertz CT molecular complexity index is 1430. The molecule has 1 N–H and O–H groups in total. The lowest BCUT2D eigenvalue weighted by atomic mass is 10.0. The number of carbonyl (C=O) groups excluding carboxylic acids is 1. The van der Waals surface area contributed by atoms with Crippen molar-refractivity contribution in [3.05, 3.63) is 75.7 Å². The van der Waals surface area contributed by atoms with Crippen molar-refractivity contribution < 1.29 is 13.6 Å². The zero-order valence-corrected chi connectivity index (χ0v) is 17.4. The topological polar surface area (TPSA) is 81.8 Å². The summed E-state index contributed by atoms with van der Waals surface area (Å²) in [5.41, 5.74) is 1.43. The summed E-state index contributed by atoms with van der Waals surface area (Å²) < 4.78 is 31.0. The van der Waals surface area contributed by atoms with Crippen LogP contribution in [0.5, 0.6) is 0 Å². The van der Waals surface area contributed by atoms with Crippen molar-refractivity contribution in [2.24, 2.45) is 7.05 Å². The molecule has 2 aromatic heterocycles. The van der Waals surface area contributed by atoms with Gasteiger partial charge in [-0.05, 0) is 49.6 Å². The van der Waals surface area contributed by atoms with Gasteiger partial charge in [0.1, 0.15) is 16.9 Å². The molecule has 9 heteroatoms. The van der Waals surface area contributed by atoms with Crippen LogP contribution in [-0.4, -0.2) is 31.3 Å². The molecule has 4 aromatic rings. The molecule has 2 heterocycles. The van der Waals surface area contributed by atoms with E-state index in [1.807, 2.05) is 6.92 Å². The van der Waals surface area contributed by atoms with E-state index in [1.54, 1.807) is 18.2 Å². The van der Waals surface area contributed by atoms with E-state index in [2.05, 4.69) is 15.4 Å². The van der Waals surface area contributed by atoms with E-state index in [4.69, 9.17) is 0 Å². The minimum absolute atomic E-state index is 0.132. The molecule has 0 atom stereocenters. The molecular formula is C23H19F2N5O2. The normalized spacial score (nSPS) is 13.5. The van der Waals surface area contributed by atoms with Gasteiger partial charge in [-0.25, -0.2) is 18.4 Å². The molecule has 1 fully saturated rings. The number of nitrogens with zero attached hydrogens (tertiary/aromatic N) is 4. The maximum atomic E-state index is 14.3. The summed E-state index contributed by atoms with van der Waals surface area (Å²) >= 11 is 0. The molecule has 5 rings (SSSR count). The second kappa shape index (κ2) is 7.37. The number of halogens is 2. The van der Waals surface area contributed by atoms with Gasteiger partial charge in [-0.2, -0.15) is 5.10 Å². The third-order valence-corrected chi connectivity index (χ3v) is 5.60. The Morgan fingerprint density at radius 3 is 2.56 bits per heavy atom. The van der Waals surface area contributed by atoms with Gasteiger partial charge >= 0.3 is 0 Å². The Morgan fingerprint density at radius 2 is 1.88 bits per heavy atom. The van der Waals surface area contributed by atoms with Gasteiger partial charge in [0.15, 0.2) is 17.3 Å². The lowest BCUT2D eigenvalue weighted by Crippen LogP contribution is -2.26. The molecular weight excluding hydrogens is 416 g/mol. The fraction of sp³-hybridized carbons (Fsp3) is 0.217. The maximum Gasteiger partial charge on any atom is 0.278 e. The molecule has 0 saturated heterocycles. The van der Waals surface area contributed by atoms with Crippen molar-refractivity contribution in [3.63, 3.8) is 0 Å². The highest BCUT2D eigenvalue weighted by Gasteiger charge is 2.25. The molecule has 2 aromatic carbocycles. The van der Waals surface area contributed by atoms with Gasteiger partial charge in [0.25, 0.3) is 11.5 Å². The number of rotatable bonds is 4. The zero-order valence-electron chi connectivity index (χ0n) is 17.4. The fourth-order valence-electron chi connectivity index (χ4n) is 3.69. The van der Waals surface area contributed by atoms with E-state index >= 15 is 0 Å². The van der Waals surface area contributed by atoms with Crippen LogP contribution in [0, 0.1) is 18.6 Å². The van der Waals surface area contributed by atoms with Crippen LogP contribution in [0.25, 0.3) is 28.1 Å². The second-order valence-corrected chi connectivity index (χ2v) is 7.94. The average Bonchev–Trinajstić information content (AvgIpc) is 3.48. The van der Waals surface area contributed by atoms with Crippen molar-refractivity contribution in [3.8, 4) is 16.9 Å². The largest absolute Gasteiger partial charge is 0.349 e. The summed E-state index contributed by atoms with van der Waals surface area (Å²) in [6, 6.07) is 8.81. The quantitative estimate of drug-likeness (QED) is 0.534. The van der Waals surface area contributed by atoms with Crippen molar-refractivity contribution in [2.45, 2.75) is 25.8 Å². The Balaban J connectivity index is 1.67. The molecule has 32 heavy (non-hydrogen) atoms. The van der Waals surface area contributed by atoms with Crippen LogP contribution in [0.1, 0.15) is 28.8 Å². The summed E-state index contributed by atoms with van der Waals surface area (Å²) in [5, 5.41) is 7.01. The van der Waals surface area contributed by atoms with E-state index in [0.29, 0.717) is 11.1 Å². The SMILES string of the molecule is Cc1ccc(C(=O)NC2CC2)cc1-c1nc2cnn(-c3c(F)cccc3F)c2n(C)c1=O. The number of benzene rings is 2. The lowest BCUT2D eigenvalue weighted by molar-refractivity contribution is 0.0951. The number of nitrogens with one attached hydrogen (secondary N) is 1. The molecule has 1 saturated carbocycles. The van der Waals surface area contributed by atoms with Gasteiger partial charge < -0.3 is 5.32 Å². The maximum absolute atomic E-state index is 14.3. The summed E-state index contributed by atoms with van der Waals surface area (Å²) in [7, 11) is 1.49. The minimum atomic E-state index is -0.809. The van der Waals surface area contributed by atoms with Crippen LogP contribution in [0.4, 0.5) is 8.78 Å². The molecule has 0 aliphatic heterocycles. The number of carbonyl (C=O) groups is 1. The average molecular weight is 435 g/mol. The molecule has 1 aliphatic carbocycles. The fourth-order valence-corrected chi connectivity index (χ4v) is 3.69. The van der Waals surface area contributed by atoms with E-state index in [9.17, 15) is 18.4 Å².